The first kappa shape index (κ1) is 19.5. The standard InChI is InChI=1S/C24H38O3/c1-22(26)13-14-24(3)17(15-22)5-8-18-19-9-6-16(7-10-21(25)27-4)23(19,2)12-11-20(18)24/h5,16,18-20,26H,6-15H2,1-4H3/t16-,18+,19?,20+,22+,23-,24+/m1/s1. The van der Waals surface area contributed by atoms with Crippen LogP contribution in [-0.4, -0.2) is 23.8 Å². The summed E-state index contributed by atoms with van der Waals surface area (Å²) in [6.45, 7) is 7.04. The lowest BCUT2D eigenvalue weighted by atomic mass is 9.46. The Balaban J connectivity index is 1.54. The predicted molar refractivity (Wildman–Crippen MR) is 107 cm³/mol. The first-order valence-electron chi connectivity index (χ1n) is 11.2. The van der Waals surface area contributed by atoms with Crippen molar-refractivity contribution in [2.24, 2.45) is 34.5 Å². The van der Waals surface area contributed by atoms with Crippen molar-refractivity contribution < 1.29 is 14.6 Å². The second kappa shape index (κ2) is 6.61. The summed E-state index contributed by atoms with van der Waals surface area (Å²) in [4.78, 5) is 11.7. The van der Waals surface area contributed by atoms with Crippen LogP contribution in [0.25, 0.3) is 0 Å². The summed E-state index contributed by atoms with van der Waals surface area (Å²) in [5, 5.41) is 10.6. The fourth-order valence-electron chi connectivity index (χ4n) is 7.78. The van der Waals surface area contributed by atoms with Gasteiger partial charge in [-0.05, 0) is 99.2 Å². The van der Waals surface area contributed by atoms with Gasteiger partial charge < -0.3 is 9.84 Å². The monoisotopic (exact) mass is 374 g/mol. The van der Waals surface area contributed by atoms with E-state index >= 15 is 0 Å². The molecule has 3 heteroatoms. The third kappa shape index (κ3) is 3.09. The van der Waals surface area contributed by atoms with Crippen molar-refractivity contribution in [2.45, 2.75) is 90.6 Å². The number of methoxy groups -OCH3 is 1. The van der Waals surface area contributed by atoms with Gasteiger partial charge in [-0.15, -0.1) is 0 Å². The number of carbonyl (C=O) groups is 1. The van der Waals surface area contributed by atoms with E-state index in [9.17, 15) is 9.90 Å². The number of ether oxygens (including phenoxy) is 1. The van der Waals surface area contributed by atoms with Crippen molar-refractivity contribution in [2.75, 3.05) is 7.11 Å². The van der Waals surface area contributed by atoms with E-state index in [4.69, 9.17) is 4.74 Å². The van der Waals surface area contributed by atoms with Crippen molar-refractivity contribution in [1.29, 1.82) is 0 Å². The van der Waals surface area contributed by atoms with Crippen LogP contribution in [0.4, 0.5) is 0 Å². The Morgan fingerprint density at radius 2 is 1.93 bits per heavy atom. The van der Waals surface area contributed by atoms with Gasteiger partial charge in [0, 0.05) is 6.42 Å². The highest BCUT2D eigenvalue weighted by Crippen LogP contribution is 2.67. The van der Waals surface area contributed by atoms with Gasteiger partial charge in [0.25, 0.3) is 0 Å². The zero-order valence-electron chi connectivity index (χ0n) is 17.7. The molecule has 27 heavy (non-hydrogen) atoms. The summed E-state index contributed by atoms with van der Waals surface area (Å²) >= 11 is 0. The van der Waals surface area contributed by atoms with Crippen molar-refractivity contribution in [3.63, 3.8) is 0 Å². The van der Waals surface area contributed by atoms with Gasteiger partial charge in [0.05, 0.1) is 12.7 Å². The van der Waals surface area contributed by atoms with Gasteiger partial charge >= 0.3 is 5.97 Å². The molecule has 0 aliphatic heterocycles. The van der Waals surface area contributed by atoms with Gasteiger partial charge in [-0.1, -0.05) is 25.5 Å². The summed E-state index contributed by atoms with van der Waals surface area (Å²) in [5.41, 5.74) is 1.74. The number of aliphatic hydroxyl groups is 1. The van der Waals surface area contributed by atoms with Gasteiger partial charge in [-0.3, -0.25) is 4.79 Å². The predicted octanol–water partition coefficient (Wildman–Crippen LogP) is 5.27. The number of allylic oxidation sites excluding steroid dienone is 1. The molecule has 0 amide bonds. The molecule has 0 aromatic rings. The van der Waals surface area contributed by atoms with E-state index in [1.807, 2.05) is 6.92 Å². The Kier molecular flexibility index (Phi) is 4.77. The van der Waals surface area contributed by atoms with Crippen LogP contribution < -0.4 is 0 Å². The third-order valence-electron chi connectivity index (χ3n) is 9.50. The van der Waals surface area contributed by atoms with Gasteiger partial charge in [0.2, 0.25) is 0 Å². The second-order valence-electron chi connectivity index (χ2n) is 10.9. The average molecular weight is 375 g/mol. The number of hydrogen-bond donors (Lipinski definition) is 1. The van der Waals surface area contributed by atoms with Crippen molar-refractivity contribution in [1.82, 2.24) is 0 Å². The zero-order chi connectivity index (χ0) is 19.4. The summed E-state index contributed by atoms with van der Waals surface area (Å²) in [6.07, 6.45) is 13.5. The smallest absolute Gasteiger partial charge is 0.305 e. The Morgan fingerprint density at radius 1 is 1.15 bits per heavy atom. The molecule has 4 rings (SSSR count). The van der Waals surface area contributed by atoms with Crippen LogP contribution >= 0.6 is 0 Å². The molecule has 3 saturated carbocycles. The maximum Gasteiger partial charge on any atom is 0.305 e. The maximum atomic E-state index is 11.7. The van der Waals surface area contributed by atoms with Crippen LogP contribution in [0, 0.1) is 34.5 Å². The van der Waals surface area contributed by atoms with Gasteiger partial charge in [-0.2, -0.15) is 0 Å². The second-order valence-corrected chi connectivity index (χ2v) is 10.9. The molecular formula is C24H38O3. The Bertz CT molecular complexity index is 636. The SMILES string of the molecule is COC(=O)CC[C@H]1CCC2[C@@H]3CC=C4C[C@@](C)(O)CC[C@]4(C)[C@H]3CC[C@@]21C. The molecule has 4 aliphatic rings. The molecule has 0 heterocycles. The topological polar surface area (TPSA) is 46.5 Å². The molecule has 0 bridgehead atoms. The Hall–Kier alpha value is -0.830. The molecule has 0 aromatic heterocycles. The summed E-state index contributed by atoms with van der Waals surface area (Å²) < 4.78 is 4.89. The van der Waals surface area contributed by atoms with Crippen LogP contribution in [0.1, 0.15) is 85.0 Å². The van der Waals surface area contributed by atoms with E-state index in [0.29, 0.717) is 23.2 Å². The minimum absolute atomic E-state index is 0.0530. The lowest BCUT2D eigenvalue weighted by Crippen LogP contribution is -2.51. The molecule has 1 N–H and O–H groups in total. The largest absolute Gasteiger partial charge is 0.469 e. The molecule has 7 atom stereocenters. The van der Waals surface area contributed by atoms with Crippen LogP contribution in [0.2, 0.25) is 0 Å². The number of hydrogen-bond acceptors (Lipinski definition) is 3. The first-order chi connectivity index (χ1) is 12.7. The molecule has 1 unspecified atom stereocenters. The molecule has 152 valence electrons. The Morgan fingerprint density at radius 3 is 2.67 bits per heavy atom. The summed E-state index contributed by atoms with van der Waals surface area (Å²) in [6, 6.07) is 0. The molecule has 0 spiro atoms. The van der Waals surface area contributed by atoms with E-state index in [1.54, 1.807) is 5.57 Å². The average Bonchev–Trinajstić information content (AvgIpc) is 2.96. The summed E-state index contributed by atoms with van der Waals surface area (Å²) in [7, 11) is 1.50. The lowest BCUT2D eigenvalue weighted by Gasteiger charge is -2.59. The highest BCUT2D eigenvalue weighted by Gasteiger charge is 2.58. The summed E-state index contributed by atoms with van der Waals surface area (Å²) in [5.74, 6) is 3.00. The fraction of sp³-hybridized carbons (Fsp3) is 0.875. The molecule has 4 aliphatic carbocycles. The maximum absolute atomic E-state index is 11.7. The highest BCUT2D eigenvalue weighted by atomic mass is 16.5. The van der Waals surface area contributed by atoms with Crippen LogP contribution in [0.3, 0.4) is 0 Å². The molecule has 0 radical (unpaired) electrons. The minimum Gasteiger partial charge on any atom is -0.469 e. The van der Waals surface area contributed by atoms with Crippen LogP contribution in [-0.2, 0) is 9.53 Å². The van der Waals surface area contributed by atoms with E-state index in [-0.39, 0.29) is 5.97 Å². The number of rotatable bonds is 3. The van der Waals surface area contributed by atoms with Crippen molar-refractivity contribution in [3.8, 4) is 0 Å². The highest BCUT2D eigenvalue weighted by molar-refractivity contribution is 5.69. The van der Waals surface area contributed by atoms with E-state index < -0.39 is 5.60 Å². The fourth-order valence-corrected chi connectivity index (χ4v) is 7.78. The number of carbonyl (C=O) groups excluding carboxylic acids is 1. The lowest BCUT2D eigenvalue weighted by molar-refractivity contribution is -0.141. The Labute approximate surface area is 164 Å². The van der Waals surface area contributed by atoms with Crippen LogP contribution in [0.15, 0.2) is 11.6 Å². The van der Waals surface area contributed by atoms with E-state index in [2.05, 4.69) is 19.9 Å². The normalized spacial score (nSPS) is 48.9. The van der Waals surface area contributed by atoms with Crippen LogP contribution in [0.5, 0.6) is 0 Å². The van der Waals surface area contributed by atoms with Gasteiger partial charge in [0.1, 0.15) is 0 Å². The van der Waals surface area contributed by atoms with Gasteiger partial charge in [0.15, 0.2) is 0 Å². The molecule has 3 nitrogen and oxygen atoms in total. The first-order valence-corrected chi connectivity index (χ1v) is 11.2. The number of esters is 1. The van der Waals surface area contributed by atoms with Gasteiger partial charge in [-0.25, -0.2) is 0 Å². The van der Waals surface area contributed by atoms with Crippen molar-refractivity contribution in [3.05, 3.63) is 11.6 Å². The zero-order valence-corrected chi connectivity index (χ0v) is 17.7. The molecule has 3 fully saturated rings. The number of fused-ring (bicyclic) bond motifs is 5. The third-order valence-corrected chi connectivity index (χ3v) is 9.50. The molecular weight excluding hydrogens is 336 g/mol. The van der Waals surface area contributed by atoms with Crippen molar-refractivity contribution >= 4 is 5.97 Å². The quantitative estimate of drug-likeness (QED) is 0.541. The van der Waals surface area contributed by atoms with E-state index in [0.717, 1.165) is 43.4 Å². The molecule has 0 saturated heterocycles. The minimum atomic E-state index is -0.506. The molecule has 0 aromatic carbocycles. The van der Waals surface area contributed by atoms with E-state index in [1.165, 1.54) is 39.2 Å².